The zero-order valence-corrected chi connectivity index (χ0v) is 19.9. The van der Waals surface area contributed by atoms with Crippen molar-refractivity contribution in [1.29, 1.82) is 0 Å². The van der Waals surface area contributed by atoms with E-state index in [1.165, 1.54) is 0 Å². The van der Waals surface area contributed by atoms with Crippen molar-refractivity contribution in [2.75, 3.05) is 0 Å². The molecule has 6 unspecified atom stereocenters. The predicted octanol–water partition coefficient (Wildman–Crippen LogP) is 4.36. The Labute approximate surface area is 206 Å². The largest absolute Gasteiger partial charge is 0.458 e. The second-order valence-corrected chi connectivity index (χ2v) is 9.97. The number of fused-ring (bicyclic) bond motifs is 1. The van der Waals surface area contributed by atoms with Crippen LogP contribution in [0.4, 0.5) is 8.78 Å². The molecular formula is C24H19F2IO7. The molecule has 2 aliphatic carbocycles. The molecule has 2 saturated carbocycles. The molecule has 2 aromatic rings. The fraction of sp³-hybridized carbons (Fsp3) is 0.375. The van der Waals surface area contributed by atoms with Crippen molar-refractivity contribution in [2.45, 2.75) is 31.5 Å². The molecule has 1 aliphatic heterocycles. The number of benzene rings is 2. The molecule has 6 atom stereocenters. The van der Waals surface area contributed by atoms with Crippen LogP contribution in [0.1, 0.15) is 13.3 Å². The van der Waals surface area contributed by atoms with Gasteiger partial charge in [0.25, 0.3) is 0 Å². The van der Waals surface area contributed by atoms with E-state index in [-0.39, 0.29) is 11.7 Å². The number of esters is 3. The fourth-order valence-electron chi connectivity index (χ4n) is 5.09. The maximum absolute atomic E-state index is 13.4. The number of hydrogen-bond acceptors (Lipinski definition) is 7. The highest BCUT2D eigenvalue weighted by molar-refractivity contribution is 14.1. The lowest BCUT2D eigenvalue weighted by Gasteiger charge is -2.30. The Kier molecular flexibility index (Phi) is 5.73. The Morgan fingerprint density at radius 2 is 1.59 bits per heavy atom. The van der Waals surface area contributed by atoms with Gasteiger partial charge in [0.2, 0.25) is 0 Å². The molecule has 7 nitrogen and oxygen atoms in total. The molecule has 0 spiro atoms. The summed E-state index contributed by atoms with van der Waals surface area (Å²) in [7, 11) is 0. The molecular weight excluding hydrogens is 565 g/mol. The van der Waals surface area contributed by atoms with Crippen LogP contribution in [0.15, 0.2) is 48.5 Å². The molecule has 10 heteroatoms. The number of carbonyl (C=O) groups excluding carboxylic acids is 3. The summed E-state index contributed by atoms with van der Waals surface area (Å²) >= 11 is 2.19. The minimum Gasteiger partial charge on any atom is -0.458 e. The predicted molar refractivity (Wildman–Crippen MR) is 120 cm³/mol. The summed E-state index contributed by atoms with van der Waals surface area (Å²) in [6.45, 7) is 0.434. The van der Waals surface area contributed by atoms with E-state index in [1.54, 1.807) is 24.3 Å². The van der Waals surface area contributed by atoms with E-state index in [1.807, 2.05) is 24.3 Å². The molecule has 0 aromatic heterocycles. The van der Waals surface area contributed by atoms with E-state index in [2.05, 4.69) is 22.6 Å². The first-order valence-corrected chi connectivity index (χ1v) is 11.7. The van der Waals surface area contributed by atoms with Crippen molar-refractivity contribution in [1.82, 2.24) is 0 Å². The molecule has 1 heterocycles. The van der Waals surface area contributed by atoms with Gasteiger partial charge in [0.1, 0.15) is 29.5 Å². The van der Waals surface area contributed by atoms with E-state index in [4.69, 9.17) is 18.9 Å². The third-order valence-corrected chi connectivity index (χ3v) is 7.23. The Balaban J connectivity index is 1.28. The first kappa shape index (κ1) is 23.0. The van der Waals surface area contributed by atoms with Gasteiger partial charge in [0.05, 0.1) is 11.8 Å². The van der Waals surface area contributed by atoms with Gasteiger partial charge >= 0.3 is 23.8 Å². The van der Waals surface area contributed by atoms with Gasteiger partial charge in [0.15, 0.2) is 0 Å². The van der Waals surface area contributed by atoms with Crippen LogP contribution in [0.5, 0.6) is 17.2 Å². The highest BCUT2D eigenvalue weighted by Gasteiger charge is 2.70. The summed E-state index contributed by atoms with van der Waals surface area (Å²) in [4.78, 5) is 37.2. The highest BCUT2D eigenvalue weighted by Crippen LogP contribution is 2.59. The van der Waals surface area contributed by atoms with Gasteiger partial charge in [-0.2, -0.15) is 8.78 Å². The second-order valence-electron chi connectivity index (χ2n) is 8.72. The molecule has 0 N–H and O–H groups in total. The quantitative estimate of drug-likeness (QED) is 0.283. The zero-order valence-electron chi connectivity index (χ0n) is 17.8. The average molecular weight is 584 g/mol. The fourth-order valence-corrected chi connectivity index (χ4v) is 5.45. The van der Waals surface area contributed by atoms with Gasteiger partial charge in [0, 0.05) is 22.3 Å². The van der Waals surface area contributed by atoms with Gasteiger partial charge in [-0.05, 0) is 77.5 Å². The normalized spacial score (nSPS) is 29.0. The first-order chi connectivity index (χ1) is 16.1. The van der Waals surface area contributed by atoms with Gasteiger partial charge in [-0.15, -0.1) is 0 Å². The van der Waals surface area contributed by atoms with Crippen molar-refractivity contribution in [3.05, 3.63) is 52.1 Å². The molecule has 34 heavy (non-hydrogen) atoms. The lowest BCUT2D eigenvalue weighted by molar-refractivity contribution is -0.185. The van der Waals surface area contributed by atoms with Crippen LogP contribution in [0.25, 0.3) is 0 Å². The molecule has 3 fully saturated rings. The van der Waals surface area contributed by atoms with E-state index in [0.29, 0.717) is 24.8 Å². The molecule has 2 aromatic carbocycles. The van der Waals surface area contributed by atoms with Crippen LogP contribution in [0.3, 0.4) is 0 Å². The van der Waals surface area contributed by atoms with Crippen molar-refractivity contribution >= 4 is 40.5 Å². The SMILES string of the molecule is CC(F)(F)C(=O)OC1C2CC3C1OC(=O)C3C2C(=O)Oc1ccc(Oc2ccc(I)cc2)cc1. The summed E-state index contributed by atoms with van der Waals surface area (Å²) in [6, 6.07) is 13.9. The number of rotatable bonds is 6. The lowest BCUT2D eigenvalue weighted by Crippen LogP contribution is -2.46. The monoisotopic (exact) mass is 584 g/mol. The Morgan fingerprint density at radius 3 is 2.21 bits per heavy atom. The third-order valence-electron chi connectivity index (χ3n) is 6.51. The summed E-state index contributed by atoms with van der Waals surface area (Å²) in [5.74, 6) is -7.94. The topological polar surface area (TPSA) is 88.1 Å². The molecule has 0 radical (unpaired) electrons. The van der Waals surface area contributed by atoms with Crippen molar-refractivity contribution in [3.8, 4) is 17.2 Å². The van der Waals surface area contributed by atoms with E-state index in [9.17, 15) is 23.2 Å². The molecule has 2 bridgehead atoms. The zero-order chi connectivity index (χ0) is 24.2. The first-order valence-electron chi connectivity index (χ1n) is 10.7. The van der Waals surface area contributed by atoms with E-state index in [0.717, 1.165) is 3.57 Å². The standard InChI is InChI=1S/C24H19F2IO7/c1-24(25,26)23(30)34-20-16-10-15-18(22(29)33-19(15)20)17(16)21(28)32-14-8-6-13(7-9-14)31-12-4-2-11(27)3-5-12/h2-9,15-20H,10H2,1H3. The smallest absolute Gasteiger partial charge is 0.377 e. The van der Waals surface area contributed by atoms with Crippen LogP contribution in [-0.2, 0) is 23.9 Å². The highest BCUT2D eigenvalue weighted by atomic mass is 127. The van der Waals surface area contributed by atoms with Crippen LogP contribution in [-0.4, -0.2) is 36.0 Å². The maximum Gasteiger partial charge on any atom is 0.377 e. The average Bonchev–Trinajstić information content (AvgIpc) is 3.40. The Morgan fingerprint density at radius 1 is 1.00 bits per heavy atom. The lowest BCUT2D eigenvalue weighted by atomic mass is 9.78. The van der Waals surface area contributed by atoms with E-state index < -0.39 is 53.8 Å². The van der Waals surface area contributed by atoms with Gasteiger partial charge < -0.3 is 18.9 Å². The molecule has 178 valence electrons. The van der Waals surface area contributed by atoms with Gasteiger partial charge in [-0.1, -0.05) is 0 Å². The maximum atomic E-state index is 13.4. The number of carbonyl (C=O) groups is 3. The molecule has 0 amide bonds. The summed E-state index contributed by atoms with van der Waals surface area (Å²) in [5, 5.41) is 0. The van der Waals surface area contributed by atoms with Crippen LogP contribution in [0.2, 0.25) is 0 Å². The number of hydrogen-bond donors (Lipinski definition) is 0. The van der Waals surface area contributed by atoms with Crippen LogP contribution in [0, 0.1) is 27.2 Å². The second kappa shape index (κ2) is 8.47. The Hall–Kier alpha value is -2.76. The number of alkyl halides is 2. The minimum atomic E-state index is -3.69. The summed E-state index contributed by atoms with van der Waals surface area (Å²) < 4.78 is 49.4. The molecule has 1 saturated heterocycles. The van der Waals surface area contributed by atoms with Gasteiger partial charge in [-0.25, -0.2) is 4.79 Å². The molecule has 5 rings (SSSR count). The van der Waals surface area contributed by atoms with Crippen molar-refractivity contribution < 1.29 is 42.1 Å². The summed E-state index contributed by atoms with van der Waals surface area (Å²) in [5.41, 5.74) is 0. The molecule has 3 aliphatic rings. The van der Waals surface area contributed by atoms with Crippen molar-refractivity contribution in [3.63, 3.8) is 0 Å². The van der Waals surface area contributed by atoms with Crippen molar-refractivity contribution in [2.24, 2.45) is 23.7 Å². The van der Waals surface area contributed by atoms with E-state index >= 15 is 0 Å². The van der Waals surface area contributed by atoms with Gasteiger partial charge in [-0.3, -0.25) is 9.59 Å². The van der Waals surface area contributed by atoms with Crippen LogP contribution >= 0.6 is 22.6 Å². The van der Waals surface area contributed by atoms with Crippen LogP contribution < -0.4 is 9.47 Å². The summed E-state index contributed by atoms with van der Waals surface area (Å²) in [6.07, 6.45) is -1.56. The Bertz CT molecular complexity index is 1130. The number of halogens is 3. The number of ether oxygens (including phenoxy) is 4. The minimum absolute atomic E-state index is 0.235. The third kappa shape index (κ3) is 4.12.